The number of para-hydroxylation sites is 1. The number of benzene rings is 2. The number of carbonyl (C=O) groups excluding carboxylic acids is 1. The molecule has 2 N–H and O–H groups in total. The highest BCUT2D eigenvalue weighted by Gasteiger charge is 2.11. The molecule has 0 saturated carbocycles. The number of aromatic hydroxyl groups is 1. The Morgan fingerprint density at radius 3 is 2.71 bits per heavy atom. The van der Waals surface area contributed by atoms with Gasteiger partial charge < -0.3 is 14.8 Å². The van der Waals surface area contributed by atoms with E-state index in [9.17, 15) is 9.90 Å². The number of aromatic nitrogens is 1. The van der Waals surface area contributed by atoms with Gasteiger partial charge in [0.15, 0.2) is 0 Å². The zero-order valence-corrected chi connectivity index (χ0v) is 13.5. The van der Waals surface area contributed by atoms with Crippen molar-refractivity contribution in [3.05, 3.63) is 65.5 Å². The Kier molecular flexibility index (Phi) is 4.33. The van der Waals surface area contributed by atoms with Crippen molar-refractivity contribution >= 4 is 11.6 Å². The largest absolute Gasteiger partial charge is 0.508 e. The Bertz CT molecular complexity index is 884. The van der Waals surface area contributed by atoms with E-state index in [0.717, 1.165) is 16.8 Å². The Balaban J connectivity index is 1.79. The summed E-state index contributed by atoms with van der Waals surface area (Å²) in [5.74, 6) is 0.442. The molecular formula is C19H18N2O3. The van der Waals surface area contributed by atoms with Crippen molar-refractivity contribution in [2.75, 3.05) is 5.32 Å². The molecule has 0 atom stereocenters. The molecule has 3 aromatic rings. The van der Waals surface area contributed by atoms with Crippen molar-refractivity contribution < 1.29 is 14.3 Å². The summed E-state index contributed by atoms with van der Waals surface area (Å²) in [7, 11) is 0. The van der Waals surface area contributed by atoms with Crippen molar-refractivity contribution in [1.29, 1.82) is 0 Å². The molecule has 0 unspecified atom stereocenters. The van der Waals surface area contributed by atoms with Crippen LogP contribution in [0.2, 0.25) is 0 Å². The first-order valence-electron chi connectivity index (χ1n) is 7.63. The van der Waals surface area contributed by atoms with Gasteiger partial charge in [0.2, 0.25) is 11.8 Å². The third-order valence-electron chi connectivity index (χ3n) is 3.72. The summed E-state index contributed by atoms with van der Waals surface area (Å²) in [6.07, 6.45) is 1.69. The molecule has 2 aromatic carbocycles. The molecule has 1 heterocycles. The van der Waals surface area contributed by atoms with Crippen molar-refractivity contribution in [2.24, 2.45) is 0 Å². The lowest BCUT2D eigenvalue weighted by atomic mass is 10.1. The Morgan fingerprint density at radius 2 is 2.00 bits per heavy atom. The van der Waals surface area contributed by atoms with Crippen LogP contribution < -0.4 is 5.32 Å². The maximum Gasteiger partial charge on any atom is 0.228 e. The van der Waals surface area contributed by atoms with Crippen LogP contribution in [0, 0.1) is 13.8 Å². The topological polar surface area (TPSA) is 75.4 Å². The second-order valence-corrected chi connectivity index (χ2v) is 5.68. The number of nitrogens with one attached hydrogen (secondary N) is 1. The normalized spacial score (nSPS) is 10.6. The number of phenolic OH excluding ortho intramolecular Hbond substituents is 1. The van der Waals surface area contributed by atoms with Gasteiger partial charge in [0.25, 0.3) is 0 Å². The zero-order chi connectivity index (χ0) is 17.1. The van der Waals surface area contributed by atoms with E-state index in [1.165, 1.54) is 0 Å². The first kappa shape index (κ1) is 15.8. The SMILES string of the molecule is Cc1coc(-c2ccc(C)c(NC(=O)Cc3ccccc3O)c2)n1. The molecule has 1 amide bonds. The number of aryl methyl sites for hydroxylation is 2. The van der Waals surface area contributed by atoms with Crippen LogP contribution in [0.5, 0.6) is 5.75 Å². The minimum atomic E-state index is -0.194. The number of carbonyl (C=O) groups is 1. The van der Waals surface area contributed by atoms with E-state index < -0.39 is 0 Å². The van der Waals surface area contributed by atoms with Gasteiger partial charge in [-0.15, -0.1) is 0 Å². The smallest absolute Gasteiger partial charge is 0.228 e. The highest BCUT2D eigenvalue weighted by Crippen LogP contribution is 2.25. The van der Waals surface area contributed by atoms with Crippen LogP contribution in [0.3, 0.4) is 0 Å². The molecule has 122 valence electrons. The maximum absolute atomic E-state index is 12.3. The minimum Gasteiger partial charge on any atom is -0.508 e. The molecule has 0 aliphatic heterocycles. The van der Waals surface area contributed by atoms with Gasteiger partial charge in [0, 0.05) is 16.8 Å². The third-order valence-corrected chi connectivity index (χ3v) is 3.72. The predicted molar refractivity (Wildman–Crippen MR) is 91.9 cm³/mol. The lowest BCUT2D eigenvalue weighted by Gasteiger charge is -2.10. The van der Waals surface area contributed by atoms with Crippen LogP contribution in [0.4, 0.5) is 5.69 Å². The average Bonchev–Trinajstić information content (AvgIpc) is 2.98. The molecule has 0 saturated heterocycles. The summed E-state index contributed by atoms with van der Waals surface area (Å²) in [6, 6.07) is 12.5. The molecule has 0 radical (unpaired) electrons. The van der Waals surface area contributed by atoms with E-state index in [1.807, 2.05) is 32.0 Å². The highest BCUT2D eigenvalue weighted by atomic mass is 16.3. The predicted octanol–water partition coefficient (Wildman–Crippen LogP) is 3.85. The lowest BCUT2D eigenvalue weighted by Crippen LogP contribution is -2.15. The second-order valence-electron chi connectivity index (χ2n) is 5.68. The summed E-state index contributed by atoms with van der Waals surface area (Å²) in [4.78, 5) is 16.6. The van der Waals surface area contributed by atoms with Gasteiger partial charge in [-0.25, -0.2) is 4.98 Å². The molecule has 0 spiro atoms. The number of phenols is 1. The average molecular weight is 322 g/mol. The van der Waals surface area contributed by atoms with Crippen molar-refractivity contribution in [3.8, 4) is 17.2 Å². The first-order chi connectivity index (χ1) is 11.5. The highest BCUT2D eigenvalue weighted by molar-refractivity contribution is 5.93. The number of amides is 1. The first-order valence-corrected chi connectivity index (χ1v) is 7.63. The quantitative estimate of drug-likeness (QED) is 0.765. The van der Waals surface area contributed by atoms with Crippen LogP contribution in [-0.2, 0) is 11.2 Å². The number of rotatable bonds is 4. The summed E-state index contributed by atoms with van der Waals surface area (Å²) in [5.41, 5.74) is 3.82. The summed E-state index contributed by atoms with van der Waals surface area (Å²) < 4.78 is 5.40. The van der Waals surface area contributed by atoms with E-state index >= 15 is 0 Å². The Morgan fingerprint density at radius 1 is 1.21 bits per heavy atom. The lowest BCUT2D eigenvalue weighted by molar-refractivity contribution is -0.115. The van der Waals surface area contributed by atoms with E-state index in [2.05, 4.69) is 10.3 Å². The number of nitrogens with zero attached hydrogens (tertiary/aromatic N) is 1. The van der Waals surface area contributed by atoms with E-state index in [0.29, 0.717) is 17.1 Å². The van der Waals surface area contributed by atoms with Crippen LogP contribution in [-0.4, -0.2) is 16.0 Å². The fourth-order valence-electron chi connectivity index (χ4n) is 2.40. The van der Waals surface area contributed by atoms with E-state index in [-0.39, 0.29) is 18.1 Å². The number of hydrogen-bond donors (Lipinski definition) is 2. The van der Waals surface area contributed by atoms with Crippen LogP contribution >= 0.6 is 0 Å². The van der Waals surface area contributed by atoms with E-state index in [4.69, 9.17) is 4.42 Å². The molecule has 24 heavy (non-hydrogen) atoms. The van der Waals surface area contributed by atoms with Gasteiger partial charge in [0.1, 0.15) is 12.0 Å². The molecule has 0 aliphatic carbocycles. The van der Waals surface area contributed by atoms with Crippen LogP contribution in [0.15, 0.2) is 53.1 Å². The molecular weight excluding hydrogens is 304 g/mol. The van der Waals surface area contributed by atoms with Gasteiger partial charge in [-0.05, 0) is 37.6 Å². The second kappa shape index (κ2) is 6.58. The fourth-order valence-corrected chi connectivity index (χ4v) is 2.40. The van der Waals surface area contributed by atoms with Gasteiger partial charge in [-0.1, -0.05) is 24.3 Å². The molecule has 0 bridgehead atoms. The monoisotopic (exact) mass is 322 g/mol. The summed E-state index contributed by atoms with van der Waals surface area (Å²) in [6.45, 7) is 3.77. The molecule has 0 aliphatic rings. The fraction of sp³-hybridized carbons (Fsp3) is 0.158. The van der Waals surface area contributed by atoms with Crippen LogP contribution in [0.1, 0.15) is 16.8 Å². The zero-order valence-electron chi connectivity index (χ0n) is 13.5. The number of oxazole rings is 1. The van der Waals surface area contributed by atoms with Gasteiger partial charge in [-0.2, -0.15) is 0 Å². The molecule has 1 aromatic heterocycles. The molecule has 0 fully saturated rings. The summed E-state index contributed by atoms with van der Waals surface area (Å²) >= 11 is 0. The molecule has 5 nitrogen and oxygen atoms in total. The molecule has 5 heteroatoms. The van der Waals surface area contributed by atoms with Gasteiger partial charge in [-0.3, -0.25) is 4.79 Å². The third kappa shape index (κ3) is 3.46. The van der Waals surface area contributed by atoms with Gasteiger partial charge in [0.05, 0.1) is 12.1 Å². The Hall–Kier alpha value is -3.08. The van der Waals surface area contributed by atoms with E-state index in [1.54, 1.807) is 30.5 Å². The van der Waals surface area contributed by atoms with Crippen LogP contribution in [0.25, 0.3) is 11.5 Å². The maximum atomic E-state index is 12.3. The number of hydrogen-bond acceptors (Lipinski definition) is 4. The minimum absolute atomic E-state index is 0.106. The number of anilines is 1. The molecule has 3 rings (SSSR count). The van der Waals surface area contributed by atoms with Crippen molar-refractivity contribution in [1.82, 2.24) is 4.98 Å². The van der Waals surface area contributed by atoms with Crippen molar-refractivity contribution in [2.45, 2.75) is 20.3 Å². The van der Waals surface area contributed by atoms with Gasteiger partial charge >= 0.3 is 0 Å². The summed E-state index contributed by atoms with van der Waals surface area (Å²) in [5, 5.41) is 12.7. The Labute approximate surface area is 140 Å². The van der Waals surface area contributed by atoms with Crippen molar-refractivity contribution in [3.63, 3.8) is 0 Å². The standard InChI is InChI=1S/C19H18N2O3/c1-12-7-8-15(19-20-13(2)11-24-19)9-16(12)21-18(23)10-14-5-3-4-6-17(14)22/h3-9,11,22H,10H2,1-2H3,(H,21,23).